The fourth-order valence-corrected chi connectivity index (χ4v) is 3.50. The lowest BCUT2D eigenvalue weighted by Crippen LogP contribution is -2.24. The van der Waals surface area contributed by atoms with Crippen LogP contribution in [0, 0.1) is 0 Å². The van der Waals surface area contributed by atoms with Crippen molar-refractivity contribution in [3.05, 3.63) is 86.5 Å². The summed E-state index contributed by atoms with van der Waals surface area (Å²) < 4.78 is 10.1. The third-order valence-electron chi connectivity index (χ3n) is 4.92. The first-order valence-corrected chi connectivity index (χ1v) is 8.93. The highest BCUT2D eigenvalue weighted by Gasteiger charge is 2.29. The van der Waals surface area contributed by atoms with Crippen LogP contribution in [0.15, 0.2) is 68.6 Å². The third kappa shape index (κ3) is 3.27. The number of H-pyrrole nitrogens is 1. The Morgan fingerprint density at radius 1 is 1.14 bits per heavy atom. The number of carbonyl (C=O) groups is 1. The lowest BCUT2D eigenvalue weighted by atomic mass is 9.88. The minimum atomic E-state index is -1.04. The molecule has 2 aromatic heterocycles. The van der Waals surface area contributed by atoms with Gasteiger partial charge in [0.05, 0.1) is 24.5 Å². The number of nitrogens with one attached hydrogen (secondary N) is 1. The van der Waals surface area contributed by atoms with E-state index in [1.807, 2.05) is 6.07 Å². The van der Waals surface area contributed by atoms with E-state index in [-0.39, 0.29) is 28.9 Å². The molecule has 0 radical (unpaired) electrons. The summed E-state index contributed by atoms with van der Waals surface area (Å²) >= 11 is 0. The van der Waals surface area contributed by atoms with Gasteiger partial charge in [-0.15, -0.1) is 0 Å². The number of aromatic amines is 1. The number of hydrogen-bond acceptors (Lipinski definition) is 6. The van der Waals surface area contributed by atoms with E-state index >= 15 is 0 Å². The molecule has 0 saturated carbocycles. The maximum Gasteiger partial charge on any atom is 0.343 e. The van der Waals surface area contributed by atoms with Crippen LogP contribution in [0.3, 0.4) is 0 Å². The average Bonchev–Trinajstić information content (AvgIpc) is 2.72. The number of hydrogen-bond donors (Lipinski definition) is 2. The van der Waals surface area contributed by atoms with Gasteiger partial charge in [0.1, 0.15) is 11.3 Å². The Morgan fingerprint density at radius 3 is 2.66 bits per heavy atom. The van der Waals surface area contributed by atoms with E-state index < -0.39 is 23.1 Å². The molecular weight excluding hydrogens is 374 g/mol. The predicted molar refractivity (Wildman–Crippen MR) is 107 cm³/mol. The van der Waals surface area contributed by atoms with Crippen molar-refractivity contribution in [3.63, 3.8) is 0 Å². The van der Waals surface area contributed by atoms with Gasteiger partial charge in [-0.1, -0.05) is 30.3 Å². The summed E-state index contributed by atoms with van der Waals surface area (Å²) in [4.78, 5) is 40.3. The number of methoxy groups -OCH3 is 1. The van der Waals surface area contributed by atoms with Gasteiger partial charge in [0, 0.05) is 17.0 Å². The molecule has 0 saturated heterocycles. The Morgan fingerprint density at radius 2 is 1.86 bits per heavy atom. The Labute approximate surface area is 164 Å². The molecule has 2 heterocycles. The Kier molecular flexibility index (Phi) is 4.64. The van der Waals surface area contributed by atoms with E-state index in [1.54, 1.807) is 48.5 Å². The second kappa shape index (κ2) is 7.27. The van der Waals surface area contributed by atoms with Gasteiger partial charge in [0.2, 0.25) is 0 Å². The van der Waals surface area contributed by atoms with Gasteiger partial charge in [-0.05, 0) is 29.7 Å². The van der Waals surface area contributed by atoms with Crippen LogP contribution in [0.1, 0.15) is 23.5 Å². The monoisotopic (exact) mass is 391 g/mol. The summed E-state index contributed by atoms with van der Waals surface area (Å²) in [5.74, 6) is -2.00. The van der Waals surface area contributed by atoms with Gasteiger partial charge in [-0.25, -0.2) is 4.79 Å². The van der Waals surface area contributed by atoms with Gasteiger partial charge in [0.15, 0.2) is 0 Å². The molecule has 2 N–H and O–H groups in total. The van der Waals surface area contributed by atoms with Crippen molar-refractivity contribution in [1.29, 1.82) is 0 Å². The minimum absolute atomic E-state index is 0.158. The normalized spacial score (nSPS) is 12.2. The average molecular weight is 391 g/mol. The van der Waals surface area contributed by atoms with Crippen LogP contribution < -0.4 is 11.2 Å². The fraction of sp³-hybridized carbons (Fsp3) is 0.136. The molecule has 1 atom stereocenters. The van der Waals surface area contributed by atoms with Crippen molar-refractivity contribution in [2.45, 2.75) is 12.3 Å². The summed E-state index contributed by atoms with van der Waals surface area (Å²) in [5, 5.41) is 11.9. The van der Waals surface area contributed by atoms with Gasteiger partial charge in [-0.3, -0.25) is 9.59 Å². The van der Waals surface area contributed by atoms with E-state index in [2.05, 4.69) is 4.98 Å². The zero-order valence-corrected chi connectivity index (χ0v) is 15.5. The molecule has 0 fully saturated rings. The molecule has 4 aromatic rings. The SMILES string of the molecule is COC(=O)CC(c1cc2ccccc2[nH]c1=O)c1c(O)c2ccccc2oc1=O. The topological polar surface area (TPSA) is 110 Å². The first-order chi connectivity index (χ1) is 14.0. The molecule has 2 aromatic carbocycles. The van der Waals surface area contributed by atoms with E-state index in [9.17, 15) is 19.5 Å². The molecule has 0 aliphatic rings. The highest BCUT2D eigenvalue weighted by Crippen LogP contribution is 2.35. The minimum Gasteiger partial charge on any atom is -0.507 e. The van der Waals surface area contributed by atoms with Crippen molar-refractivity contribution in [1.82, 2.24) is 4.98 Å². The molecule has 4 rings (SSSR count). The number of para-hydroxylation sites is 2. The lowest BCUT2D eigenvalue weighted by molar-refractivity contribution is -0.140. The van der Waals surface area contributed by atoms with Gasteiger partial charge in [-0.2, -0.15) is 0 Å². The van der Waals surface area contributed by atoms with E-state index in [4.69, 9.17) is 9.15 Å². The molecule has 7 nitrogen and oxygen atoms in total. The van der Waals surface area contributed by atoms with Crippen molar-refractivity contribution in [3.8, 4) is 5.75 Å². The molecular formula is C22H17NO6. The van der Waals surface area contributed by atoms with Crippen LogP contribution in [0.5, 0.6) is 5.75 Å². The Hall–Kier alpha value is -3.87. The highest BCUT2D eigenvalue weighted by molar-refractivity contribution is 5.85. The predicted octanol–water partition coefficient (Wildman–Crippen LogP) is 3.04. The van der Waals surface area contributed by atoms with Crippen LogP contribution in [0.4, 0.5) is 0 Å². The standard InChI is InChI=1S/C22H17NO6/c1-28-18(24)11-14(15-10-12-6-2-4-8-16(12)23-21(15)26)19-20(25)13-7-3-5-9-17(13)29-22(19)27/h2-10,14,25H,11H2,1H3,(H,23,26). The number of aromatic nitrogens is 1. The van der Waals surface area contributed by atoms with Crippen LogP contribution >= 0.6 is 0 Å². The number of benzene rings is 2. The number of fused-ring (bicyclic) bond motifs is 2. The molecule has 146 valence electrons. The number of ether oxygens (including phenoxy) is 1. The Balaban J connectivity index is 2.01. The zero-order valence-electron chi connectivity index (χ0n) is 15.5. The van der Waals surface area contributed by atoms with E-state index in [1.165, 1.54) is 7.11 Å². The smallest absolute Gasteiger partial charge is 0.343 e. The molecule has 0 bridgehead atoms. The first-order valence-electron chi connectivity index (χ1n) is 8.93. The first kappa shape index (κ1) is 18.5. The molecule has 0 aliphatic carbocycles. The number of pyridine rings is 1. The van der Waals surface area contributed by atoms with Gasteiger partial charge in [0.25, 0.3) is 5.56 Å². The second-order valence-electron chi connectivity index (χ2n) is 6.62. The molecule has 1 unspecified atom stereocenters. The fourth-order valence-electron chi connectivity index (χ4n) is 3.50. The van der Waals surface area contributed by atoms with Crippen LogP contribution in [-0.4, -0.2) is 23.2 Å². The van der Waals surface area contributed by atoms with E-state index in [0.29, 0.717) is 10.9 Å². The molecule has 0 amide bonds. The van der Waals surface area contributed by atoms with Crippen molar-refractivity contribution >= 4 is 27.8 Å². The summed E-state index contributed by atoms with van der Waals surface area (Å²) in [7, 11) is 1.22. The molecule has 7 heteroatoms. The summed E-state index contributed by atoms with van der Waals surface area (Å²) in [6, 6.07) is 15.2. The second-order valence-corrected chi connectivity index (χ2v) is 6.62. The van der Waals surface area contributed by atoms with Crippen LogP contribution in [-0.2, 0) is 9.53 Å². The van der Waals surface area contributed by atoms with Crippen LogP contribution in [0.2, 0.25) is 0 Å². The zero-order chi connectivity index (χ0) is 20.5. The quantitative estimate of drug-likeness (QED) is 0.409. The van der Waals surface area contributed by atoms with Crippen molar-refractivity contribution in [2.24, 2.45) is 0 Å². The maximum absolute atomic E-state index is 12.8. The number of rotatable bonds is 4. The maximum atomic E-state index is 12.8. The molecule has 29 heavy (non-hydrogen) atoms. The van der Waals surface area contributed by atoms with Crippen molar-refractivity contribution in [2.75, 3.05) is 7.11 Å². The summed E-state index contributed by atoms with van der Waals surface area (Å²) in [5.41, 5.74) is -0.454. The number of carbonyl (C=O) groups excluding carboxylic acids is 1. The summed E-state index contributed by atoms with van der Waals surface area (Å²) in [6.45, 7) is 0. The summed E-state index contributed by atoms with van der Waals surface area (Å²) in [6.07, 6.45) is -0.311. The lowest BCUT2D eigenvalue weighted by Gasteiger charge is -2.17. The van der Waals surface area contributed by atoms with Gasteiger partial charge < -0.3 is 19.2 Å². The number of esters is 1. The van der Waals surface area contributed by atoms with Gasteiger partial charge >= 0.3 is 11.6 Å². The highest BCUT2D eigenvalue weighted by atomic mass is 16.5. The molecule has 0 aliphatic heterocycles. The molecule has 0 spiro atoms. The number of aromatic hydroxyl groups is 1. The van der Waals surface area contributed by atoms with E-state index in [0.717, 1.165) is 5.39 Å². The Bertz CT molecular complexity index is 1350. The van der Waals surface area contributed by atoms with Crippen molar-refractivity contribution < 1.29 is 19.1 Å². The van der Waals surface area contributed by atoms with Crippen LogP contribution in [0.25, 0.3) is 21.9 Å². The largest absolute Gasteiger partial charge is 0.507 e. The third-order valence-corrected chi connectivity index (χ3v) is 4.92.